The minimum absolute atomic E-state index is 0.0894. The van der Waals surface area contributed by atoms with E-state index >= 15 is 0 Å². The van der Waals surface area contributed by atoms with Crippen LogP contribution in [0.4, 0.5) is 0 Å². The molecule has 0 aliphatic carbocycles. The molecule has 0 bridgehead atoms. The van der Waals surface area contributed by atoms with E-state index in [2.05, 4.69) is 0 Å². The lowest BCUT2D eigenvalue weighted by Gasteiger charge is -2.39. The highest BCUT2D eigenvalue weighted by Crippen LogP contribution is 2.42. The summed E-state index contributed by atoms with van der Waals surface area (Å²) in [6.45, 7) is 0.966. The van der Waals surface area contributed by atoms with Gasteiger partial charge < -0.3 is 4.90 Å². The van der Waals surface area contributed by atoms with E-state index in [1.54, 1.807) is 23.1 Å². The first-order valence-corrected chi connectivity index (χ1v) is 10.4. The minimum Gasteiger partial charge on any atom is -0.318 e. The van der Waals surface area contributed by atoms with E-state index in [1.165, 1.54) is 4.31 Å². The number of rotatable bonds is 2. The Morgan fingerprint density at radius 3 is 2.48 bits per heavy atom. The van der Waals surface area contributed by atoms with Crippen molar-refractivity contribution in [3.8, 4) is 0 Å². The van der Waals surface area contributed by atoms with Gasteiger partial charge in [-0.15, -0.1) is 0 Å². The third kappa shape index (κ3) is 2.33. The third-order valence-corrected chi connectivity index (χ3v) is 7.32. The number of carbonyl (C=O) groups excluding carboxylic acids is 1. The third-order valence-electron chi connectivity index (χ3n) is 5.41. The smallest absolute Gasteiger partial charge is 0.255 e. The lowest BCUT2D eigenvalue weighted by Crippen LogP contribution is -2.48. The molecule has 0 spiro atoms. The number of nitrogens with zero attached hydrogens (tertiary/aromatic N) is 2. The number of sulfonamides is 1. The highest BCUT2D eigenvalue weighted by Gasteiger charge is 2.46. The predicted molar refractivity (Wildman–Crippen MR) is 103 cm³/mol. The molecular formula is C21H18N2O3S. The van der Waals surface area contributed by atoms with Gasteiger partial charge in [0.1, 0.15) is 6.17 Å². The quantitative estimate of drug-likeness (QED) is 0.687. The van der Waals surface area contributed by atoms with E-state index in [1.807, 2.05) is 48.5 Å². The van der Waals surface area contributed by atoms with Crippen molar-refractivity contribution in [2.75, 3.05) is 13.1 Å². The average molecular weight is 378 g/mol. The second-order valence-electron chi connectivity index (χ2n) is 6.91. The van der Waals surface area contributed by atoms with E-state index in [-0.39, 0.29) is 5.91 Å². The summed E-state index contributed by atoms with van der Waals surface area (Å²) in [5, 5.41) is 1.59. The number of benzene rings is 3. The van der Waals surface area contributed by atoms with Crippen molar-refractivity contribution >= 4 is 26.7 Å². The van der Waals surface area contributed by atoms with Crippen molar-refractivity contribution in [3.05, 3.63) is 77.9 Å². The van der Waals surface area contributed by atoms with Crippen LogP contribution in [0.15, 0.2) is 71.6 Å². The Labute approximate surface area is 157 Å². The van der Waals surface area contributed by atoms with Crippen molar-refractivity contribution in [1.82, 2.24) is 9.21 Å². The first kappa shape index (κ1) is 16.5. The van der Waals surface area contributed by atoms with Gasteiger partial charge in [-0.3, -0.25) is 4.79 Å². The van der Waals surface area contributed by atoms with Gasteiger partial charge in [0.05, 0.1) is 4.90 Å². The van der Waals surface area contributed by atoms with Crippen LogP contribution in [0, 0.1) is 0 Å². The molecule has 0 N–H and O–H groups in total. The van der Waals surface area contributed by atoms with Crippen LogP contribution in [-0.4, -0.2) is 36.6 Å². The van der Waals surface area contributed by atoms with Gasteiger partial charge in [0.2, 0.25) is 10.0 Å². The molecule has 27 heavy (non-hydrogen) atoms. The van der Waals surface area contributed by atoms with Crippen LogP contribution < -0.4 is 0 Å². The Hall–Kier alpha value is -2.70. The van der Waals surface area contributed by atoms with Gasteiger partial charge in [-0.2, -0.15) is 4.31 Å². The summed E-state index contributed by atoms with van der Waals surface area (Å²) >= 11 is 0. The Morgan fingerprint density at radius 1 is 0.852 bits per heavy atom. The van der Waals surface area contributed by atoms with Crippen molar-refractivity contribution in [1.29, 1.82) is 0 Å². The molecule has 5 rings (SSSR count). The van der Waals surface area contributed by atoms with Crippen LogP contribution in [0.2, 0.25) is 0 Å². The maximum atomic E-state index is 13.6. The summed E-state index contributed by atoms with van der Waals surface area (Å²) in [6, 6.07) is 20.1. The fraction of sp³-hybridized carbons (Fsp3) is 0.190. The van der Waals surface area contributed by atoms with Gasteiger partial charge in [0.25, 0.3) is 5.91 Å². The number of fused-ring (bicyclic) bond motifs is 4. The van der Waals surface area contributed by atoms with Gasteiger partial charge in [-0.05, 0) is 23.9 Å². The minimum atomic E-state index is -3.77. The van der Waals surface area contributed by atoms with Gasteiger partial charge in [-0.1, -0.05) is 54.6 Å². The highest BCUT2D eigenvalue weighted by atomic mass is 32.2. The van der Waals surface area contributed by atoms with Crippen LogP contribution in [0.5, 0.6) is 0 Å². The highest BCUT2D eigenvalue weighted by molar-refractivity contribution is 7.89. The van der Waals surface area contributed by atoms with Crippen LogP contribution in [0.1, 0.15) is 28.5 Å². The molecule has 3 aromatic carbocycles. The van der Waals surface area contributed by atoms with Crippen LogP contribution >= 0.6 is 0 Å². The molecular weight excluding hydrogens is 360 g/mol. The summed E-state index contributed by atoms with van der Waals surface area (Å²) in [7, 11) is -3.77. The molecule has 0 saturated carbocycles. The lowest BCUT2D eigenvalue weighted by molar-refractivity contribution is 0.0470. The van der Waals surface area contributed by atoms with E-state index in [9.17, 15) is 13.2 Å². The first-order chi connectivity index (χ1) is 13.1. The summed E-state index contributed by atoms with van der Waals surface area (Å²) in [6.07, 6.45) is 0.0617. The van der Waals surface area contributed by atoms with Gasteiger partial charge in [0.15, 0.2) is 0 Å². The molecule has 2 aliphatic heterocycles. The van der Waals surface area contributed by atoms with Crippen molar-refractivity contribution in [2.24, 2.45) is 0 Å². The summed E-state index contributed by atoms with van der Waals surface area (Å²) in [5.41, 5.74) is 1.37. The normalized spacial score (nSPS) is 19.9. The zero-order chi connectivity index (χ0) is 18.6. The second-order valence-corrected chi connectivity index (χ2v) is 8.77. The Morgan fingerprint density at radius 2 is 1.59 bits per heavy atom. The van der Waals surface area contributed by atoms with Gasteiger partial charge in [0, 0.05) is 29.6 Å². The molecule has 0 aromatic heterocycles. The zero-order valence-corrected chi connectivity index (χ0v) is 15.4. The molecule has 2 heterocycles. The van der Waals surface area contributed by atoms with Crippen LogP contribution in [0.25, 0.3) is 10.8 Å². The largest absolute Gasteiger partial charge is 0.318 e. The van der Waals surface area contributed by atoms with Crippen LogP contribution in [0.3, 0.4) is 0 Å². The molecule has 2 aliphatic rings. The molecule has 1 fully saturated rings. The van der Waals surface area contributed by atoms with E-state index in [4.69, 9.17) is 0 Å². The maximum absolute atomic E-state index is 13.6. The number of hydrogen-bond donors (Lipinski definition) is 0. The molecule has 1 saturated heterocycles. The summed E-state index contributed by atoms with van der Waals surface area (Å²) in [5.74, 6) is -0.0894. The Bertz CT molecular complexity index is 1170. The van der Waals surface area contributed by atoms with E-state index in [0.29, 0.717) is 35.4 Å². The maximum Gasteiger partial charge on any atom is 0.255 e. The molecule has 1 atom stereocenters. The number of amides is 1. The second kappa shape index (κ2) is 5.90. The molecule has 1 unspecified atom stereocenters. The van der Waals surface area contributed by atoms with E-state index < -0.39 is 16.2 Å². The first-order valence-electron chi connectivity index (χ1n) is 8.98. The fourth-order valence-electron chi connectivity index (χ4n) is 4.20. The van der Waals surface area contributed by atoms with Crippen LogP contribution in [-0.2, 0) is 10.0 Å². The molecule has 136 valence electrons. The summed E-state index contributed by atoms with van der Waals surface area (Å²) < 4.78 is 28.8. The van der Waals surface area contributed by atoms with Crippen molar-refractivity contribution in [2.45, 2.75) is 17.5 Å². The number of carbonyl (C=O) groups is 1. The van der Waals surface area contributed by atoms with Crippen molar-refractivity contribution in [3.63, 3.8) is 0 Å². The molecule has 0 radical (unpaired) electrons. The molecule has 3 aromatic rings. The van der Waals surface area contributed by atoms with Gasteiger partial charge in [-0.25, -0.2) is 8.42 Å². The zero-order valence-electron chi connectivity index (χ0n) is 14.6. The lowest BCUT2D eigenvalue weighted by atomic mass is 10.1. The summed E-state index contributed by atoms with van der Waals surface area (Å²) in [4.78, 5) is 14.7. The molecule has 5 nitrogen and oxygen atoms in total. The van der Waals surface area contributed by atoms with Gasteiger partial charge >= 0.3 is 0 Å². The molecule has 6 heteroatoms. The number of hydrogen-bond acceptors (Lipinski definition) is 3. The van der Waals surface area contributed by atoms with Crippen molar-refractivity contribution < 1.29 is 13.2 Å². The standard InChI is InChI=1S/C21H18N2O3S/c24-21-18-11-4-3-10-17(18)20-22(21)13-6-14-23(20)27(25,26)19-12-5-8-15-7-1-2-9-16(15)19/h1-5,7-12,20H,6,13-14H2. The Balaban J connectivity index is 1.68. The fourth-order valence-corrected chi connectivity index (χ4v) is 6.03. The monoisotopic (exact) mass is 378 g/mol. The topological polar surface area (TPSA) is 57.7 Å². The SMILES string of the molecule is O=C1c2ccccc2C2N1CCCN2S(=O)(=O)c1cccc2ccccc12. The predicted octanol–water partition coefficient (Wildman–Crippen LogP) is 3.39. The Kier molecular flexibility index (Phi) is 3.60. The average Bonchev–Trinajstić information content (AvgIpc) is 3.00. The van der Waals surface area contributed by atoms with E-state index in [0.717, 1.165) is 10.9 Å². The molecule has 1 amide bonds.